The zero-order chi connectivity index (χ0) is 16.2. The fourth-order valence-corrected chi connectivity index (χ4v) is 2.61. The summed E-state index contributed by atoms with van der Waals surface area (Å²) in [5, 5.41) is 4.02. The lowest BCUT2D eigenvalue weighted by atomic mass is 10.3. The van der Waals surface area contributed by atoms with Gasteiger partial charge in [0.2, 0.25) is 17.7 Å². The topological polar surface area (TPSA) is 107 Å². The van der Waals surface area contributed by atoms with E-state index in [2.05, 4.69) is 20.1 Å². The summed E-state index contributed by atoms with van der Waals surface area (Å²) < 4.78 is 10.5. The molecule has 0 saturated heterocycles. The molecule has 0 aromatic carbocycles. The molecular weight excluding hydrogens is 316 g/mol. The number of aromatic nitrogens is 4. The van der Waals surface area contributed by atoms with Gasteiger partial charge >= 0.3 is 0 Å². The molecule has 3 aromatic rings. The van der Waals surface area contributed by atoms with Crippen LogP contribution in [0.4, 0.5) is 11.9 Å². The van der Waals surface area contributed by atoms with Crippen LogP contribution in [0.25, 0.3) is 11.5 Å². The van der Waals surface area contributed by atoms with Crippen molar-refractivity contribution in [2.75, 3.05) is 24.7 Å². The fourth-order valence-electron chi connectivity index (χ4n) is 1.85. The second kappa shape index (κ2) is 6.69. The second-order valence-electron chi connectivity index (χ2n) is 4.96. The molecule has 3 rings (SSSR count). The molecule has 0 bridgehead atoms. The average molecular weight is 332 g/mol. The minimum Gasteiger partial charge on any atom is -0.461 e. The third kappa shape index (κ3) is 3.81. The zero-order valence-electron chi connectivity index (χ0n) is 12.8. The van der Waals surface area contributed by atoms with Gasteiger partial charge < -0.3 is 19.6 Å². The van der Waals surface area contributed by atoms with Crippen LogP contribution in [0.2, 0.25) is 0 Å². The molecule has 0 fully saturated rings. The Balaban J connectivity index is 1.59. The van der Waals surface area contributed by atoms with Crippen LogP contribution in [-0.4, -0.2) is 34.2 Å². The molecule has 0 amide bonds. The van der Waals surface area contributed by atoms with Crippen molar-refractivity contribution in [3.8, 4) is 11.5 Å². The van der Waals surface area contributed by atoms with E-state index in [0.717, 1.165) is 5.69 Å². The SMILES string of the molecule is CN(C)c1nc(N)nc(CSCc2cc(-c3ccco3)on2)n1. The molecule has 0 atom stereocenters. The van der Waals surface area contributed by atoms with Crippen LogP contribution < -0.4 is 10.6 Å². The van der Waals surface area contributed by atoms with Gasteiger partial charge in [-0.15, -0.1) is 11.8 Å². The molecule has 8 nitrogen and oxygen atoms in total. The molecule has 120 valence electrons. The molecule has 2 N–H and O–H groups in total. The van der Waals surface area contributed by atoms with E-state index in [1.165, 1.54) is 0 Å². The first kappa shape index (κ1) is 15.3. The van der Waals surface area contributed by atoms with Crippen LogP contribution in [0.1, 0.15) is 11.5 Å². The maximum Gasteiger partial charge on any atom is 0.229 e. The molecule has 0 aliphatic carbocycles. The predicted octanol–water partition coefficient (Wildman–Crippen LogP) is 2.20. The molecule has 3 heterocycles. The maximum absolute atomic E-state index is 5.70. The summed E-state index contributed by atoms with van der Waals surface area (Å²) in [4.78, 5) is 14.4. The number of nitrogen functional groups attached to an aromatic ring is 1. The Morgan fingerprint density at radius 3 is 2.78 bits per heavy atom. The Kier molecular flexibility index (Phi) is 4.47. The van der Waals surface area contributed by atoms with Gasteiger partial charge in [-0.3, -0.25) is 0 Å². The van der Waals surface area contributed by atoms with Crippen molar-refractivity contribution in [1.82, 2.24) is 20.1 Å². The Labute approximate surface area is 137 Å². The summed E-state index contributed by atoms with van der Waals surface area (Å²) in [5.41, 5.74) is 6.53. The maximum atomic E-state index is 5.70. The van der Waals surface area contributed by atoms with Crippen LogP contribution in [0.15, 0.2) is 33.4 Å². The summed E-state index contributed by atoms with van der Waals surface area (Å²) in [5.74, 6) is 3.97. The van der Waals surface area contributed by atoms with E-state index >= 15 is 0 Å². The summed E-state index contributed by atoms with van der Waals surface area (Å²) in [7, 11) is 3.72. The standard InChI is InChI=1S/C14H16N6O2S/c1-20(2)14-17-12(16-13(15)18-14)8-23-7-9-6-11(22-19-9)10-4-3-5-21-10/h3-6H,7-8H2,1-2H3,(H2,15,16,17,18). The third-order valence-corrected chi connectivity index (χ3v) is 3.85. The molecule has 0 radical (unpaired) electrons. The summed E-state index contributed by atoms with van der Waals surface area (Å²) in [6, 6.07) is 5.49. The number of anilines is 2. The third-order valence-electron chi connectivity index (χ3n) is 2.89. The summed E-state index contributed by atoms with van der Waals surface area (Å²) >= 11 is 1.62. The first-order chi connectivity index (χ1) is 11.1. The van der Waals surface area contributed by atoms with E-state index < -0.39 is 0 Å². The molecule has 3 aromatic heterocycles. The van der Waals surface area contributed by atoms with E-state index in [0.29, 0.717) is 34.8 Å². The van der Waals surface area contributed by atoms with Crippen molar-refractivity contribution in [2.45, 2.75) is 11.5 Å². The van der Waals surface area contributed by atoms with Crippen molar-refractivity contribution in [2.24, 2.45) is 0 Å². The molecular formula is C14H16N6O2S. The van der Waals surface area contributed by atoms with Crippen LogP contribution in [-0.2, 0) is 11.5 Å². The van der Waals surface area contributed by atoms with Gasteiger partial charge in [0.05, 0.1) is 17.7 Å². The number of rotatable bonds is 6. The monoisotopic (exact) mass is 332 g/mol. The Morgan fingerprint density at radius 2 is 2.04 bits per heavy atom. The van der Waals surface area contributed by atoms with Crippen molar-refractivity contribution < 1.29 is 8.94 Å². The second-order valence-corrected chi connectivity index (χ2v) is 5.94. The number of hydrogen-bond donors (Lipinski definition) is 1. The Bertz CT molecular complexity index is 771. The highest BCUT2D eigenvalue weighted by Crippen LogP contribution is 2.23. The number of nitrogens with two attached hydrogens (primary N) is 1. The Hall–Kier alpha value is -2.55. The normalized spacial score (nSPS) is 10.9. The summed E-state index contributed by atoms with van der Waals surface area (Å²) in [6.07, 6.45) is 1.60. The molecule has 23 heavy (non-hydrogen) atoms. The molecule has 9 heteroatoms. The summed E-state index contributed by atoms with van der Waals surface area (Å²) in [6.45, 7) is 0. The predicted molar refractivity (Wildman–Crippen MR) is 87.8 cm³/mol. The highest BCUT2D eigenvalue weighted by Gasteiger charge is 2.10. The van der Waals surface area contributed by atoms with Crippen molar-refractivity contribution >= 4 is 23.7 Å². The molecule has 0 saturated carbocycles. The van der Waals surface area contributed by atoms with Gasteiger partial charge in [0.1, 0.15) is 5.82 Å². The van der Waals surface area contributed by atoms with Crippen molar-refractivity contribution in [3.63, 3.8) is 0 Å². The zero-order valence-corrected chi connectivity index (χ0v) is 13.6. The van der Waals surface area contributed by atoms with E-state index in [-0.39, 0.29) is 5.95 Å². The number of nitrogens with zero attached hydrogens (tertiary/aromatic N) is 5. The van der Waals surface area contributed by atoms with Gasteiger partial charge in [0.15, 0.2) is 5.76 Å². The van der Waals surface area contributed by atoms with Crippen LogP contribution in [0.5, 0.6) is 0 Å². The lowest BCUT2D eigenvalue weighted by Crippen LogP contribution is -2.15. The first-order valence-electron chi connectivity index (χ1n) is 6.87. The highest BCUT2D eigenvalue weighted by molar-refractivity contribution is 7.97. The lowest BCUT2D eigenvalue weighted by molar-refractivity contribution is 0.413. The average Bonchev–Trinajstić information content (AvgIpc) is 3.17. The number of thioether (sulfide) groups is 1. The minimum atomic E-state index is 0.223. The lowest BCUT2D eigenvalue weighted by Gasteiger charge is -2.11. The number of furan rings is 1. The van der Waals surface area contributed by atoms with Gasteiger partial charge in [-0.25, -0.2) is 0 Å². The van der Waals surface area contributed by atoms with Gasteiger partial charge in [-0.05, 0) is 12.1 Å². The highest BCUT2D eigenvalue weighted by atomic mass is 32.2. The van der Waals surface area contributed by atoms with Crippen LogP contribution in [0.3, 0.4) is 0 Å². The van der Waals surface area contributed by atoms with E-state index in [9.17, 15) is 0 Å². The molecule has 0 spiro atoms. The van der Waals surface area contributed by atoms with Crippen molar-refractivity contribution in [1.29, 1.82) is 0 Å². The number of hydrogen-bond acceptors (Lipinski definition) is 9. The largest absolute Gasteiger partial charge is 0.461 e. The van der Waals surface area contributed by atoms with E-state index in [4.69, 9.17) is 14.7 Å². The van der Waals surface area contributed by atoms with Gasteiger partial charge in [0.25, 0.3) is 0 Å². The minimum absolute atomic E-state index is 0.223. The van der Waals surface area contributed by atoms with Crippen LogP contribution >= 0.6 is 11.8 Å². The Morgan fingerprint density at radius 1 is 1.17 bits per heavy atom. The molecule has 0 unspecified atom stereocenters. The fraction of sp³-hybridized carbons (Fsp3) is 0.286. The van der Waals surface area contributed by atoms with E-state index in [1.807, 2.05) is 26.2 Å². The van der Waals surface area contributed by atoms with Crippen molar-refractivity contribution in [3.05, 3.63) is 36.0 Å². The molecule has 0 aliphatic rings. The quantitative estimate of drug-likeness (QED) is 0.726. The van der Waals surface area contributed by atoms with Gasteiger partial charge in [0, 0.05) is 25.9 Å². The van der Waals surface area contributed by atoms with E-state index in [1.54, 1.807) is 29.0 Å². The van der Waals surface area contributed by atoms with Crippen LogP contribution in [0, 0.1) is 0 Å². The van der Waals surface area contributed by atoms with Gasteiger partial charge in [-0.2, -0.15) is 15.0 Å². The smallest absolute Gasteiger partial charge is 0.229 e. The first-order valence-corrected chi connectivity index (χ1v) is 8.02. The molecule has 0 aliphatic heterocycles. The van der Waals surface area contributed by atoms with Gasteiger partial charge in [-0.1, -0.05) is 5.16 Å².